The van der Waals surface area contributed by atoms with E-state index in [-0.39, 0.29) is 36.2 Å². The van der Waals surface area contributed by atoms with Gasteiger partial charge in [0, 0.05) is 52.8 Å². The Bertz CT molecular complexity index is 1470. The van der Waals surface area contributed by atoms with Gasteiger partial charge in [0.15, 0.2) is 5.82 Å². The Balaban J connectivity index is 1.04. The third-order valence-electron chi connectivity index (χ3n) is 10.0. The second-order valence-electron chi connectivity index (χ2n) is 13.9. The number of benzene rings is 1. The Morgan fingerprint density at radius 2 is 1.67 bits per heavy atom. The molecule has 2 aromatic rings. The Hall–Kier alpha value is -3.43. The molecule has 9 nitrogen and oxygen atoms in total. The van der Waals surface area contributed by atoms with Crippen LogP contribution in [0.25, 0.3) is 0 Å². The van der Waals surface area contributed by atoms with E-state index in [1.807, 2.05) is 39.8 Å². The molecule has 0 bridgehead atoms. The molecule has 1 aromatic heterocycles. The van der Waals surface area contributed by atoms with Crippen molar-refractivity contribution in [1.82, 2.24) is 30.4 Å². The van der Waals surface area contributed by atoms with E-state index in [1.54, 1.807) is 12.1 Å². The lowest BCUT2D eigenvalue weighted by Crippen LogP contribution is -2.74. The minimum atomic E-state index is -4.67. The fourth-order valence-electron chi connectivity index (χ4n) is 7.83. The maximum absolute atomic E-state index is 13.4. The van der Waals surface area contributed by atoms with Crippen molar-refractivity contribution in [2.24, 2.45) is 21.8 Å². The third kappa shape index (κ3) is 6.34. The monoisotopic (exact) mass is 625 g/mol. The first-order valence-corrected chi connectivity index (χ1v) is 16.0. The predicted octanol–water partition coefficient (Wildman–Crippen LogP) is 4.47. The summed E-state index contributed by atoms with van der Waals surface area (Å²) in [5, 5.41) is 17.6. The molecule has 0 spiro atoms. The SMILES string of the molecule is CC1(C)C(NC(=O)c2ccc(C#CC3CCN(C4CCNCC4)CC3)cc2)C(C)(C)C1OC1=Nn2c(nnc2C(F)(F)F)CC1. The van der Waals surface area contributed by atoms with Gasteiger partial charge in [-0.05, 0) is 76.1 Å². The van der Waals surface area contributed by atoms with E-state index in [9.17, 15) is 18.0 Å². The molecule has 3 aliphatic heterocycles. The van der Waals surface area contributed by atoms with Gasteiger partial charge in [-0.2, -0.15) is 17.8 Å². The van der Waals surface area contributed by atoms with Crippen molar-refractivity contribution in [3.05, 3.63) is 47.0 Å². The van der Waals surface area contributed by atoms with Gasteiger partial charge in [0.2, 0.25) is 5.90 Å². The first kappa shape index (κ1) is 31.5. The number of piperidine rings is 2. The number of carbonyl (C=O) groups excluding carboxylic acids is 1. The number of carbonyl (C=O) groups is 1. The van der Waals surface area contributed by atoms with E-state index in [2.05, 4.69) is 42.7 Å². The quantitative estimate of drug-likeness (QED) is 0.487. The number of fused-ring (bicyclic) bond motifs is 1. The largest absolute Gasteiger partial charge is 0.475 e. The van der Waals surface area contributed by atoms with Gasteiger partial charge in [-0.25, -0.2) is 0 Å². The molecule has 1 aromatic carbocycles. The molecule has 2 saturated heterocycles. The van der Waals surface area contributed by atoms with Gasteiger partial charge >= 0.3 is 6.18 Å². The Labute approximate surface area is 262 Å². The summed E-state index contributed by atoms with van der Waals surface area (Å²) in [6.07, 6.45) is 0.170. The van der Waals surface area contributed by atoms with E-state index in [0.717, 1.165) is 49.3 Å². The van der Waals surface area contributed by atoms with E-state index >= 15 is 0 Å². The second-order valence-corrected chi connectivity index (χ2v) is 13.9. The Morgan fingerprint density at radius 1 is 1.00 bits per heavy atom. The number of aryl methyl sites for hydroxylation is 1. The summed E-state index contributed by atoms with van der Waals surface area (Å²) in [6.45, 7) is 12.4. The molecular weight excluding hydrogens is 583 g/mol. The fourth-order valence-corrected chi connectivity index (χ4v) is 7.83. The van der Waals surface area contributed by atoms with Crippen molar-refractivity contribution < 1.29 is 22.7 Å². The zero-order valence-electron chi connectivity index (χ0n) is 26.4. The van der Waals surface area contributed by atoms with Crippen molar-refractivity contribution in [2.45, 2.75) is 90.6 Å². The van der Waals surface area contributed by atoms with Crippen LogP contribution in [0.5, 0.6) is 0 Å². The molecule has 2 N–H and O–H groups in total. The van der Waals surface area contributed by atoms with Crippen molar-refractivity contribution in [2.75, 3.05) is 26.2 Å². The van der Waals surface area contributed by atoms with Gasteiger partial charge in [0.25, 0.3) is 11.7 Å². The summed E-state index contributed by atoms with van der Waals surface area (Å²) >= 11 is 0. The van der Waals surface area contributed by atoms with E-state index < -0.39 is 22.8 Å². The van der Waals surface area contributed by atoms with Crippen LogP contribution in [0.15, 0.2) is 29.4 Å². The predicted molar refractivity (Wildman–Crippen MR) is 163 cm³/mol. The first-order valence-electron chi connectivity index (χ1n) is 16.0. The van der Waals surface area contributed by atoms with Crippen molar-refractivity contribution in [3.63, 3.8) is 0 Å². The Kier molecular flexibility index (Phi) is 8.46. The summed E-state index contributed by atoms with van der Waals surface area (Å²) in [5.41, 5.74) is 0.430. The van der Waals surface area contributed by atoms with Crippen molar-refractivity contribution in [3.8, 4) is 11.8 Å². The number of aromatic nitrogens is 3. The summed E-state index contributed by atoms with van der Waals surface area (Å²) in [5.74, 6) is 6.16. The minimum Gasteiger partial charge on any atom is -0.475 e. The molecule has 0 unspecified atom stereocenters. The number of halogens is 3. The number of alkyl halides is 3. The first-order chi connectivity index (χ1) is 21.3. The number of nitrogens with one attached hydrogen (secondary N) is 2. The number of hydrogen-bond donors (Lipinski definition) is 2. The molecule has 1 amide bonds. The van der Waals surface area contributed by atoms with Crippen LogP contribution >= 0.6 is 0 Å². The van der Waals surface area contributed by atoms with E-state index in [4.69, 9.17) is 4.74 Å². The lowest BCUT2D eigenvalue weighted by Gasteiger charge is -2.63. The molecule has 3 fully saturated rings. The van der Waals surface area contributed by atoms with Gasteiger partial charge in [-0.1, -0.05) is 39.5 Å². The highest BCUT2D eigenvalue weighted by Gasteiger charge is 2.64. The number of nitrogens with zero attached hydrogens (tertiary/aromatic N) is 5. The average molecular weight is 626 g/mol. The molecular formula is C33H42F3N7O2. The molecule has 0 atom stereocenters. The molecule has 242 valence electrons. The molecule has 45 heavy (non-hydrogen) atoms. The topological polar surface area (TPSA) is 96.7 Å². The molecule has 12 heteroatoms. The van der Waals surface area contributed by atoms with E-state index in [1.165, 1.54) is 12.8 Å². The maximum atomic E-state index is 13.4. The smallest absolute Gasteiger partial charge is 0.453 e. The summed E-state index contributed by atoms with van der Waals surface area (Å²) in [4.78, 5) is 15.9. The van der Waals surface area contributed by atoms with Crippen LogP contribution in [-0.4, -0.2) is 75.9 Å². The van der Waals surface area contributed by atoms with Crippen LogP contribution < -0.4 is 10.6 Å². The van der Waals surface area contributed by atoms with Gasteiger partial charge < -0.3 is 20.3 Å². The van der Waals surface area contributed by atoms with Crippen LogP contribution in [-0.2, 0) is 17.3 Å². The lowest BCUT2D eigenvalue weighted by molar-refractivity contribution is -0.172. The molecule has 6 rings (SSSR count). The maximum Gasteiger partial charge on any atom is 0.453 e. The molecule has 1 aliphatic carbocycles. The summed E-state index contributed by atoms with van der Waals surface area (Å²) < 4.78 is 47.0. The number of rotatable bonds is 4. The number of amides is 1. The lowest BCUT2D eigenvalue weighted by atomic mass is 9.49. The van der Waals surface area contributed by atoms with Crippen LogP contribution in [0, 0.1) is 28.6 Å². The normalized spacial score (nSPS) is 25.3. The third-order valence-corrected chi connectivity index (χ3v) is 10.0. The molecule has 4 aliphatic rings. The van der Waals surface area contributed by atoms with Crippen LogP contribution in [0.1, 0.15) is 87.4 Å². The highest BCUT2D eigenvalue weighted by molar-refractivity contribution is 5.94. The molecule has 0 radical (unpaired) electrons. The minimum absolute atomic E-state index is 0.150. The average Bonchev–Trinajstić information content (AvgIpc) is 3.46. The molecule has 1 saturated carbocycles. The van der Waals surface area contributed by atoms with Crippen LogP contribution in [0.3, 0.4) is 0 Å². The number of ether oxygens (including phenoxy) is 1. The number of hydrogen-bond acceptors (Lipinski definition) is 7. The van der Waals surface area contributed by atoms with E-state index in [0.29, 0.717) is 23.9 Å². The van der Waals surface area contributed by atoms with Gasteiger partial charge in [0.1, 0.15) is 6.10 Å². The van der Waals surface area contributed by atoms with Gasteiger partial charge in [-0.3, -0.25) is 4.79 Å². The zero-order chi connectivity index (χ0) is 32.0. The second kappa shape index (κ2) is 12.1. The summed E-state index contributed by atoms with van der Waals surface area (Å²) in [6, 6.07) is 7.86. The highest BCUT2D eigenvalue weighted by atomic mass is 19.4. The molecule has 4 heterocycles. The number of likely N-dealkylation sites (tertiary alicyclic amines) is 1. The van der Waals surface area contributed by atoms with Crippen LogP contribution in [0.4, 0.5) is 13.2 Å². The fraction of sp³-hybridized carbons (Fsp3) is 0.636. The van der Waals surface area contributed by atoms with Crippen LogP contribution in [0.2, 0.25) is 0 Å². The van der Waals surface area contributed by atoms with Gasteiger partial charge in [0.05, 0.1) is 0 Å². The van der Waals surface area contributed by atoms with Crippen molar-refractivity contribution >= 4 is 11.8 Å². The standard InChI is InChI=1S/C33H42F3N7O2/c1-31(2)28(32(3,4)29(31)45-26-12-11-25-39-40-30(33(34,35)36)43(25)41-26)38-27(44)23-9-7-21(8-10-23)5-6-22-15-19-42(20-16-22)24-13-17-37-18-14-24/h7-10,22,24,28-29,37H,11-20H2,1-4H3,(H,38,44). The Morgan fingerprint density at radius 3 is 2.31 bits per heavy atom. The zero-order valence-corrected chi connectivity index (χ0v) is 26.4. The highest BCUT2D eigenvalue weighted by Crippen LogP contribution is 2.56. The van der Waals surface area contributed by atoms with Gasteiger partial charge in [-0.15, -0.1) is 15.3 Å². The van der Waals surface area contributed by atoms with Crippen molar-refractivity contribution in [1.29, 1.82) is 0 Å². The summed E-state index contributed by atoms with van der Waals surface area (Å²) in [7, 11) is 0.